The van der Waals surface area contributed by atoms with Gasteiger partial charge in [0.1, 0.15) is 0 Å². The second-order valence-corrected chi connectivity index (χ2v) is 3.09. The van der Waals surface area contributed by atoms with E-state index in [1.807, 2.05) is 12.1 Å². The van der Waals surface area contributed by atoms with Crippen LogP contribution in [0.2, 0.25) is 0 Å². The fourth-order valence-electron chi connectivity index (χ4n) is 1.47. The molecule has 1 aromatic carbocycles. The van der Waals surface area contributed by atoms with E-state index < -0.39 is 0 Å². The zero-order valence-corrected chi connectivity index (χ0v) is 7.38. The van der Waals surface area contributed by atoms with E-state index in [9.17, 15) is 0 Å². The van der Waals surface area contributed by atoms with Crippen LogP contribution in [0.3, 0.4) is 0 Å². The number of fused-ring (bicyclic) bond motifs is 1. The predicted molar refractivity (Wildman–Crippen MR) is 55.5 cm³/mol. The first-order valence-electron chi connectivity index (χ1n) is 4.40. The van der Waals surface area contributed by atoms with Crippen molar-refractivity contribution in [2.75, 3.05) is 0 Å². The lowest BCUT2D eigenvalue weighted by atomic mass is 10.2. The topological polar surface area (TPSA) is 15.8 Å². The highest BCUT2D eigenvalue weighted by atomic mass is 14.7. The Labute approximate surface area is 77.8 Å². The van der Waals surface area contributed by atoms with Crippen molar-refractivity contribution in [3.8, 4) is 12.3 Å². The summed E-state index contributed by atoms with van der Waals surface area (Å²) in [5.41, 5.74) is 2.41. The minimum atomic E-state index is 0.798. The zero-order chi connectivity index (χ0) is 9.10. The highest BCUT2D eigenvalue weighted by Gasteiger charge is 1.97. The number of aryl methyl sites for hydroxylation is 1. The summed E-state index contributed by atoms with van der Waals surface area (Å²) < 4.78 is 0. The molecule has 0 bridgehead atoms. The Kier molecular flexibility index (Phi) is 2.06. The van der Waals surface area contributed by atoms with E-state index in [0.29, 0.717) is 0 Å². The number of para-hydroxylation sites is 1. The number of rotatable bonds is 2. The number of benzene rings is 1. The summed E-state index contributed by atoms with van der Waals surface area (Å²) in [5.74, 6) is 2.64. The summed E-state index contributed by atoms with van der Waals surface area (Å²) in [7, 11) is 0. The molecule has 1 aromatic heterocycles. The van der Waals surface area contributed by atoms with Crippen LogP contribution in [0.25, 0.3) is 10.9 Å². The molecule has 64 valence electrons. The Bertz CT molecular complexity index is 412. The quantitative estimate of drug-likeness (QED) is 0.665. The van der Waals surface area contributed by atoms with Gasteiger partial charge in [-0.3, -0.25) is 0 Å². The Balaban J connectivity index is 2.34. The molecule has 0 saturated carbocycles. The van der Waals surface area contributed by atoms with Gasteiger partial charge in [-0.05, 0) is 23.9 Å². The smallest absolute Gasteiger partial charge is 0.0456 e. The lowest BCUT2D eigenvalue weighted by Gasteiger charge is -1.88. The Morgan fingerprint density at radius 2 is 2.15 bits per heavy atom. The van der Waals surface area contributed by atoms with Gasteiger partial charge in [0.05, 0.1) is 0 Å². The maximum Gasteiger partial charge on any atom is 0.0456 e. The summed E-state index contributed by atoms with van der Waals surface area (Å²) in [5, 5.41) is 1.26. The zero-order valence-electron chi connectivity index (χ0n) is 7.38. The van der Waals surface area contributed by atoms with Crippen LogP contribution in [-0.4, -0.2) is 4.98 Å². The van der Waals surface area contributed by atoms with Crippen molar-refractivity contribution in [1.82, 2.24) is 4.98 Å². The van der Waals surface area contributed by atoms with Gasteiger partial charge in [-0.15, -0.1) is 12.3 Å². The maximum atomic E-state index is 5.21. The maximum absolute atomic E-state index is 5.21. The summed E-state index contributed by atoms with van der Waals surface area (Å²) in [6.07, 6.45) is 6.94. The third-order valence-corrected chi connectivity index (χ3v) is 2.12. The normalized spacial score (nSPS) is 10.1. The molecule has 0 aliphatic carbocycles. The molecule has 2 aromatic rings. The minimum absolute atomic E-state index is 0.798. The molecule has 13 heavy (non-hydrogen) atoms. The molecule has 0 amide bonds. The summed E-state index contributed by atoms with van der Waals surface area (Å²) in [6.45, 7) is 0. The van der Waals surface area contributed by atoms with Crippen LogP contribution in [0, 0.1) is 12.3 Å². The van der Waals surface area contributed by atoms with E-state index in [2.05, 4.69) is 29.1 Å². The minimum Gasteiger partial charge on any atom is -0.358 e. The molecule has 0 fully saturated rings. The van der Waals surface area contributed by atoms with Crippen LogP contribution in [0.15, 0.2) is 30.3 Å². The third-order valence-electron chi connectivity index (χ3n) is 2.12. The van der Waals surface area contributed by atoms with Gasteiger partial charge in [0.15, 0.2) is 0 Å². The number of terminal acetylenes is 1. The first kappa shape index (κ1) is 7.94. The summed E-state index contributed by atoms with van der Waals surface area (Å²) >= 11 is 0. The first-order chi connectivity index (χ1) is 6.40. The average Bonchev–Trinajstić information content (AvgIpc) is 2.57. The molecule has 0 radical (unpaired) electrons. The van der Waals surface area contributed by atoms with E-state index in [1.165, 1.54) is 16.6 Å². The van der Waals surface area contributed by atoms with Gasteiger partial charge in [0, 0.05) is 17.6 Å². The fourth-order valence-corrected chi connectivity index (χ4v) is 1.47. The fraction of sp³-hybridized carbons (Fsp3) is 0.167. The van der Waals surface area contributed by atoms with Crippen LogP contribution in [0.5, 0.6) is 0 Å². The van der Waals surface area contributed by atoms with Gasteiger partial charge in [0.2, 0.25) is 0 Å². The molecule has 0 aliphatic rings. The van der Waals surface area contributed by atoms with E-state index in [4.69, 9.17) is 6.42 Å². The van der Waals surface area contributed by atoms with Crippen molar-refractivity contribution >= 4 is 10.9 Å². The van der Waals surface area contributed by atoms with Gasteiger partial charge in [-0.2, -0.15) is 0 Å². The van der Waals surface area contributed by atoms with E-state index in [-0.39, 0.29) is 0 Å². The van der Waals surface area contributed by atoms with E-state index in [1.54, 1.807) is 0 Å². The van der Waals surface area contributed by atoms with Crippen molar-refractivity contribution in [3.63, 3.8) is 0 Å². The Hall–Kier alpha value is -1.68. The molecule has 0 atom stereocenters. The van der Waals surface area contributed by atoms with Crippen LogP contribution in [-0.2, 0) is 6.42 Å². The third kappa shape index (κ3) is 1.57. The second-order valence-electron chi connectivity index (χ2n) is 3.09. The molecule has 0 unspecified atom stereocenters. The lowest BCUT2D eigenvalue weighted by Crippen LogP contribution is -1.81. The lowest BCUT2D eigenvalue weighted by molar-refractivity contribution is 0.987. The second kappa shape index (κ2) is 3.37. The van der Waals surface area contributed by atoms with Crippen molar-refractivity contribution in [3.05, 3.63) is 36.0 Å². The monoisotopic (exact) mass is 169 g/mol. The number of nitrogens with one attached hydrogen (secondary N) is 1. The largest absolute Gasteiger partial charge is 0.358 e. The van der Waals surface area contributed by atoms with Crippen LogP contribution < -0.4 is 0 Å². The van der Waals surface area contributed by atoms with Gasteiger partial charge >= 0.3 is 0 Å². The van der Waals surface area contributed by atoms with E-state index in [0.717, 1.165) is 12.8 Å². The summed E-state index contributed by atoms with van der Waals surface area (Å²) in [6, 6.07) is 10.4. The average molecular weight is 169 g/mol. The molecular formula is C12H11N. The highest BCUT2D eigenvalue weighted by molar-refractivity contribution is 5.80. The molecule has 1 heteroatoms. The number of aromatic amines is 1. The molecule has 1 N–H and O–H groups in total. The predicted octanol–water partition coefficient (Wildman–Crippen LogP) is 2.73. The molecule has 1 nitrogen and oxygen atoms in total. The standard InChI is InChI=1S/C12H11N/c1-2-3-7-11-9-10-6-4-5-8-12(10)13-11/h1,4-6,8-9,13H,3,7H2. The van der Waals surface area contributed by atoms with Crippen LogP contribution >= 0.6 is 0 Å². The van der Waals surface area contributed by atoms with Gasteiger partial charge in [0.25, 0.3) is 0 Å². The van der Waals surface area contributed by atoms with Gasteiger partial charge in [-0.25, -0.2) is 0 Å². The first-order valence-corrected chi connectivity index (χ1v) is 4.40. The Morgan fingerprint density at radius 3 is 2.92 bits per heavy atom. The summed E-state index contributed by atoms with van der Waals surface area (Å²) in [4.78, 5) is 3.33. The Morgan fingerprint density at radius 1 is 1.31 bits per heavy atom. The molecular weight excluding hydrogens is 158 g/mol. The van der Waals surface area contributed by atoms with E-state index >= 15 is 0 Å². The van der Waals surface area contributed by atoms with Crippen molar-refractivity contribution in [2.45, 2.75) is 12.8 Å². The van der Waals surface area contributed by atoms with Crippen LogP contribution in [0.1, 0.15) is 12.1 Å². The number of aromatic nitrogens is 1. The van der Waals surface area contributed by atoms with Gasteiger partial charge in [-0.1, -0.05) is 18.2 Å². The molecule has 2 rings (SSSR count). The van der Waals surface area contributed by atoms with Crippen molar-refractivity contribution in [1.29, 1.82) is 0 Å². The number of H-pyrrole nitrogens is 1. The highest BCUT2D eigenvalue weighted by Crippen LogP contribution is 2.15. The number of hydrogen-bond donors (Lipinski definition) is 1. The number of hydrogen-bond acceptors (Lipinski definition) is 0. The van der Waals surface area contributed by atoms with Crippen molar-refractivity contribution < 1.29 is 0 Å². The van der Waals surface area contributed by atoms with Crippen molar-refractivity contribution in [2.24, 2.45) is 0 Å². The SMILES string of the molecule is C#CCCc1cc2ccccc2[nH]1. The molecule has 0 aliphatic heterocycles. The molecule has 1 heterocycles. The molecule has 0 saturated heterocycles. The van der Waals surface area contributed by atoms with Crippen LogP contribution in [0.4, 0.5) is 0 Å². The van der Waals surface area contributed by atoms with Gasteiger partial charge < -0.3 is 4.98 Å². The molecule has 0 spiro atoms.